The number of nitrogens with zero attached hydrogens (tertiary/aromatic N) is 16. The van der Waals surface area contributed by atoms with Crippen molar-refractivity contribution in [2.24, 2.45) is 38.7 Å². The zero-order valence-electron chi connectivity index (χ0n) is 64.5. The summed E-state index contributed by atoms with van der Waals surface area (Å²) in [7, 11) is 6.47. The largest absolute Gasteiger partial charge is 0.356 e. The van der Waals surface area contributed by atoms with E-state index in [2.05, 4.69) is 122 Å². The number of benzene rings is 3. The normalized spacial score (nSPS) is 19.8. The minimum Gasteiger partial charge on any atom is -0.356 e. The van der Waals surface area contributed by atoms with Gasteiger partial charge >= 0.3 is 0 Å². The number of hydrogen-bond donors (Lipinski definition) is 7. The first-order chi connectivity index (χ1) is 53.6. The van der Waals surface area contributed by atoms with E-state index in [1.54, 1.807) is 23.5 Å². The first-order valence-electron chi connectivity index (χ1n) is 38.9. The van der Waals surface area contributed by atoms with Crippen molar-refractivity contribution in [2.45, 2.75) is 167 Å². The van der Waals surface area contributed by atoms with Gasteiger partial charge in [-0.2, -0.15) is 10.2 Å². The predicted octanol–water partition coefficient (Wildman–Crippen LogP) is 16.0. The summed E-state index contributed by atoms with van der Waals surface area (Å²) < 4.78 is 14.8. The number of nitrogens with one attached hydrogen (secondary N) is 7. The molecule has 2 spiro atoms. The number of carbonyl (C=O) groups is 3. The van der Waals surface area contributed by atoms with Crippen LogP contribution < -0.4 is 46.7 Å². The Bertz CT molecular complexity index is 4740. The summed E-state index contributed by atoms with van der Waals surface area (Å²) in [4.78, 5) is 92.5. The molecule has 9 aliphatic rings. The number of hydrogen-bond acceptors (Lipinski definition) is 25. The SMILES string of the molecule is CC1=NNC(=Nc2cc(N3CCC4(CCN(C)C4)CC3)nc(Sc3ccc(NC(=O)C4CC4)c(F)c3)n2)C1.Cc1cc(Nc2cc(N3CCC4(CC3)CCN(C(C)C)C4)nc(Sc3ccc(NC(=O)C4CC4)cc3)n2)n[nH]1.Cc1cnc(Nc2cc(N3CC[C@H](N(C)C)C3)nc(Sc3ccc(NC(=O)C4CC4)cc3)n2)s1.[HH].[HH].[HH].[HH].[HH].[HH]. The van der Waals surface area contributed by atoms with Crippen molar-refractivity contribution in [3.8, 4) is 0 Å². The van der Waals surface area contributed by atoms with E-state index in [4.69, 9.17) is 29.9 Å². The van der Waals surface area contributed by atoms with Crippen molar-refractivity contribution in [2.75, 3.05) is 128 Å². The van der Waals surface area contributed by atoms with Crippen molar-refractivity contribution < 1.29 is 27.3 Å². The second-order valence-corrected chi connectivity index (χ2v) is 36.1. The van der Waals surface area contributed by atoms with Crippen LogP contribution in [0.1, 0.15) is 130 Å². The van der Waals surface area contributed by atoms with Crippen LogP contribution in [0.15, 0.2) is 137 Å². The summed E-state index contributed by atoms with van der Waals surface area (Å²) in [5, 5.41) is 29.6. The number of likely N-dealkylation sites (N-methyl/N-ethyl adjacent to an activating group) is 1. The molecule has 31 heteroatoms. The zero-order valence-corrected chi connectivity index (χ0v) is 67.8. The van der Waals surface area contributed by atoms with Gasteiger partial charge in [-0.1, -0.05) is 0 Å². The highest BCUT2D eigenvalue weighted by molar-refractivity contribution is 7.99. The molecule has 3 saturated carbocycles. The fourth-order valence-electron chi connectivity index (χ4n) is 15.0. The molecule has 0 radical (unpaired) electrons. The molecule has 3 aliphatic carbocycles. The van der Waals surface area contributed by atoms with Gasteiger partial charge in [-0.3, -0.25) is 24.9 Å². The average Bonchev–Trinajstić information content (AvgIpc) is 1.60. The smallest absolute Gasteiger partial charge is 0.227 e. The summed E-state index contributed by atoms with van der Waals surface area (Å²) >= 11 is 5.94. The molecule has 3 amide bonds. The molecular weight excluding hydrogens is 1480 g/mol. The van der Waals surface area contributed by atoms with E-state index < -0.39 is 5.82 Å². The van der Waals surface area contributed by atoms with Gasteiger partial charge in [0.15, 0.2) is 32.2 Å². The van der Waals surface area contributed by atoms with Gasteiger partial charge in [-0.05, 0) is 265 Å². The molecular formula is C80H112FN23O3S4. The fraction of sp³-hybridized carbons (Fsp3) is 0.487. The number of amides is 3. The molecule has 1 atom stereocenters. The summed E-state index contributed by atoms with van der Waals surface area (Å²) in [6.45, 7) is 21.2. The predicted molar refractivity (Wildman–Crippen MR) is 455 cm³/mol. The molecule has 8 aromatic rings. The van der Waals surface area contributed by atoms with E-state index in [0.29, 0.717) is 55.5 Å². The number of anilines is 10. The number of aromatic nitrogens is 9. The number of likely N-dealkylation sites (tertiary alicyclic amines) is 2. The second kappa shape index (κ2) is 34.2. The third-order valence-electron chi connectivity index (χ3n) is 22.2. The third kappa shape index (κ3) is 20.7. The number of H-pyrrole nitrogens is 1. The topological polar surface area (TPSA) is 286 Å². The maximum Gasteiger partial charge on any atom is 0.227 e. The monoisotopic (exact) mass is 1590 g/mol. The Kier molecular flexibility index (Phi) is 23.9. The minimum absolute atomic E-state index is 0. The Morgan fingerprint density at radius 1 is 0.604 bits per heavy atom. The first kappa shape index (κ1) is 77.5. The van der Waals surface area contributed by atoms with Crippen LogP contribution >= 0.6 is 46.6 Å². The van der Waals surface area contributed by atoms with E-state index >= 15 is 0 Å². The molecule has 596 valence electrons. The molecule has 0 unspecified atom stereocenters. The van der Waals surface area contributed by atoms with Gasteiger partial charge in [0, 0.05) is 170 Å². The van der Waals surface area contributed by atoms with E-state index in [-0.39, 0.29) is 49.7 Å². The van der Waals surface area contributed by atoms with E-state index in [1.165, 1.54) is 86.7 Å². The molecule has 5 saturated heterocycles. The first-order valence-corrected chi connectivity index (χ1v) is 42.2. The molecule has 11 heterocycles. The lowest BCUT2D eigenvalue weighted by molar-refractivity contribution is -0.118. The average molecular weight is 1590 g/mol. The highest BCUT2D eigenvalue weighted by Gasteiger charge is 2.43. The van der Waals surface area contributed by atoms with Crippen LogP contribution in [0.5, 0.6) is 0 Å². The number of aryl methyl sites for hydroxylation is 2. The van der Waals surface area contributed by atoms with Crippen molar-refractivity contribution in [3.05, 3.63) is 114 Å². The Morgan fingerprint density at radius 2 is 1.14 bits per heavy atom. The minimum atomic E-state index is -0.466. The number of hydrazone groups is 1. The quantitative estimate of drug-likeness (QED) is 0.0310. The van der Waals surface area contributed by atoms with Crippen LogP contribution in [0.3, 0.4) is 0 Å². The van der Waals surface area contributed by atoms with Crippen LogP contribution in [0.4, 0.5) is 67.3 Å². The lowest BCUT2D eigenvalue weighted by Crippen LogP contribution is -2.42. The number of piperidine rings is 2. The molecule has 6 aliphatic heterocycles. The van der Waals surface area contributed by atoms with E-state index in [9.17, 15) is 18.8 Å². The number of thiazole rings is 1. The second-order valence-electron chi connectivity index (χ2n) is 31.7. The van der Waals surface area contributed by atoms with Crippen LogP contribution in [-0.4, -0.2) is 188 Å². The maximum atomic E-state index is 14.8. The number of carbonyl (C=O) groups excluding carboxylic acids is 3. The summed E-state index contributed by atoms with van der Waals surface area (Å²) in [5.41, 5.74) is 7.64. The Morgan fingerprint density at radius 3 is 1.63 bits per heavy atom. The Hall–Kier alpha value is -8.85. The molecule has 7 N–H and O–H groups in total. The van der Waals surface area contributed by atoms with Gasteiger partial charge in [-0.15, -0.1) is 11.3 Å². The van der Waals surface area contributed by atoms with Crippen molar-refractivity contribution >= 4 is 139 Å². The highest BCUT2D eigenvalue weighted by atomic mass is 32.2. The van der Waals surface area contributed by atoms with Crippen molar-refractivity contribution in [1.82, 2.24) is 65.2 Å². The molecule has 0 bridgehead atoms. The third-order valence-corrected chi connectivity index (χ3v) is 25.6. The van der Waals surface area contributed by atoms with Crippen LogP contribution in [-0.2, 0) is 14.4 Å². The van der Waals surface area contributed by atoms with Crippen molar-refractivity contribution in [1.29, 1.82) is 0 Å². The summed E-state index contributed by atoms with van der Waals surface area (Å²) in [6, 6.07) is 29.7. The number of amidine groups is 1. The standard InChI is InChI=1S/C29H38N8OS.C27H33FN8OS.C24H29N7OS2.6H2/c1-19(2)37-15-12-29(18-37)10-13-36(14-11-29)26-17-24(31-25-16-20(3)34-35-25)32-28(33-26)39-23-8-6-22(7-9-23)30-27(38)21-4-5-21;1-17-13-23(34-33-17)30-22-15-24(36-11-8-27(9-12-36)7-10-35(2)16-27)32-26(31-22)38-19-5-6-21(20(28)14-19)29-25(37)18-3-4-18;1-15-13-25-23(33-15)27-20-12-21(31-11-10-18(14-31)30(2)3)29-24(28-20)34-19-8-6-17(7-9-19)26-22(32)16-4-5-16;;;;;;/h6-9,16-17,19,21H,4-5,10-15,18H2,1-3H3,(H,30,38)(H2,31,32,33,34,35);5-6,14-15,18H,3-4,7-13,16H2,1-2H3,(H,29,37)(H,30,31,32,34);6-9,12-13,16,18H,4-5,10-11,14H2,1-3H3,(H,26,32)(H,25,27,28,29);6*1H/t;;18-;;;;;;/m..0....../s1. The summed E-state index contributed by atoms with van der Waals surface area (Å²) in [6.07, 6.45) is 16.6. The molecule has 3 aromatic carbocycles. The van der Waals surface area contributed by atoms with Gasteiger partial charge in [-0.25, -0.2) is 44.3 Å². The zero-order chi connectivity index (χ0) is 76.9. The van der Waals surface area contributed by atoms with Gasteiger partial charge in [0.1, 0.15) is 40.7 Å². The van der Waals surface area contributed by atoms with Crippen LogP contribution in [0, 0.1) is 48.2 Å². The van der Waals surface area contributed by atoms with Gasteiger partial charge < -0.3 is 56.0 Å². The Balaban J connectivity index is 0.000000196. The van der Waals surface area contributed by atoms with E-state index in [1.807, 2.05) is 99.8 Å². The lowest BCUT2D eigenvalue weighted by atomic mass is 9.78. The Labute approximate surface area is 674 Å². The molecule has 5 aromatic heterocycles. The van der Waals surface area contributed by atoms with Gasteiger partial charge in [0.2, 0.25) is 17.7 Å². The van der Waals surface area contributed by atoms with Gasteiger partial charge in [0.25, 0.3) is 0 Å². The molecule has 8 fully saturated rings. The number of rotatable bonds is 22. The summed E-state index contributed by atoms with van der Waals surface area (Å²) in [5.74, 6) is 6.27. The molecule has 26 nitrogen and oxygen atoms in total. The van der Waals surface area contributed by atoms with Crippen molar-refractivity contribution in [3.63, 3.8) is 0 Å². The number of aromatic amines is 1. The molecule has 111 heavy (non-hydrogen) atoms. The number of aliphatic imine (C=N–C) groups is 1. The fourth-order valence-corrected chi connectivity index (χ4v) is 18.0. The lowest BCUT2D eigenvalue weighted by Gasteiger charge is -2.40. The van der Waals surface area contributed by atoms with Crippen LogP contribution in [0.25, 0.3) is 0 Å². The molecule has 17 rings (SSSR count). The van der Waals surface area contributed by atoms with E-state index in [0.717, 1.165) is 187 Å². The van der Waals surface area contributed by atoms with Crippen LogP contribution in [0.2, 0.25) is 0 Å². The number of halogens is 1. The van der Waals surface area contributed by atoms with Gasteiger partial charge in [0.05, 0.1) is 5.69 Å². The highest BCUT2D eigenvalue weighted by Crippen LogP contribution is 2.45. The maximum absolute atomic E-state index is 14.8.